The molecular weight excluding hydrogens is 1070 g/mol. The van der Waals surface area contributed by atoms with Crippen LogP contribution in [0.3, 0.4) is 0 Å². The van der Waals surface area contributed by atoms with E-state index in [4.69, 9.17) is 27.9 Å². The zero-order valence-corrected chi connectivity index (χ0v) is 38.6. The van der Waals surface area contributed by atoms with E-state index in [1.54, 1.807) is 26.4 Å². The number of nitrogens with one attached hydrogen (secondary N) is 1. The van der Waals surface area contributed by atoms with Gasteiger partial charge in [-0.2, -0.15) is 6.92 Å². The summed E-state index contributed by atoms with van der Waals surface area (Å²) in [6.07, 6.45) is 14.7. The van der Waals surface area contributed by atoms with Gasteiger partial charge in [0.25, 0.3) is 5.56 Å². The Morgan fingerprint density at radius 3 is 1.64 bits per heavy atom. The normalized spacial score (nSPS) is 10.9. The van der Waals surface area contributed by atoms with E-state index in [-0.39, 0.29) is 74.7 Å². The Hall–Kier alpha value is -2.03. The van der Waals surface area contributed by atoms with Gasteiger partial charge < -0.3 is 32.8 Å². The van der Waals surface area contributed by atoms with Gasteiger partial charge in [-0.1, -0.05) is 53.9 Å². The Balaban J connectivity index is 0. The summed E-state index contributed by atoms with van der Waals surface area (Å²) in [6, 6.07) is 2.60. The minimum absolute atomic E-state index is 0. The zero-order chi connectivity index (χ0) is 37.7. The van der Waals surface area contributed by atoms with Crippen molar-refractivity contribution in [2.45, 2.75) is 41.0 Å². The van der Waals surface area contributed by atoms with E-state index in [2.05, 4.69) is 115 Å². The molecule has 0 amide bonds. The van der Waals surface area contributed by atoms with E-state index < -0.39 is 9.85 Å². The molecule has 0 saturated heterocycles. The molecule has 12 nitrogen and oxygen atoms in total. The molecule has 280 valence electrons. The number of hydrogen-bond donors (Lipinski definition) is 1. The van der Waals surface area contributed by atoms with Gasteiger partial charge in [-0.3, -0.25) is 31.6 Å². The second-order valence-electron chi connectivity index (χ2n) is 10.00. The molecule has 4 aromatic rings. The van der Waals surface area contributed by atoms with Crippen LogP contribution in [0.5, 0.6) is 5.88 Å². The number of halogens is 7. The Bertz CT molecular complexity index is 1970. The molecule has 0 spiro atoms. The number of hydrogen-bond acceptors (Lipinski definition) is 9. The van der Waals surface area contributed by atoms with Gasteiger partial charge in [0.1, 0.15) is 0 Å². The number of allylic oxidation sites excluding steroid dienone is 3. The number of nitro groups is 2. The first-order chi connectivity index (χ1) is 23.5. The maximum atomic E-state index is 11.3. The number of pyridine rings is 4. The van der Waals surface area contributed by atoms with Crippen LogP contribution >= 0.6 is 86.9 Å². The van der Waals surface area contributed by atoms with Gasteiger partial charge in [0.05, 0.1) is 17.0 Å². The Labute approximate surface area is 377 Å². The van der Waals surface area contributed by atoms with Crippen LogP contribution in [0, 0.1) is 26.3 Å². The Kier molecular flexibility index (Phi) is 26.0. The molecule has 2 aliphatic carbocycles. The van der Waals surface area contributed by atoms with Gasteiger partial charge in [0.15, 0.2) is 0 Å². The van der Waals surface area contributed by atoms with Gasteiger partial charge in [-0.05, 0) is 102 Å². The summed E-state index contributed by atoms with van der Waals surface area (Å²) < 4.78 is 8.28. The number of aromatic nitrogens is 4. The van der Waals surface area contributed by atoms with Crippen LogP contribution in [0.4, 0.5) is 11.4 Å². The predicted molar refractivity (Wildman–Crippen MR) is 222 cm³/mol. The van der Waals surface area contributed by atoms with Crippen molar-refractivity contribution >= 4 is 134 Å². The van der Waals surface area contributed by atoms with Gasteiger partial charge in [0.2, 0.25) is 16.2 Å². The quantitative estimate of drug-likeness (QED) is 0.0704. The van der Waals surface area contributed by atoms with Crippen molar-refractivity contribution < 1.29 is 31.6 Å². The second kappa shape index (κ2) is 25.9. The van der Waals surface area contributed by atoms with Crippen LogP contribution in [0.2, 0.25) is 10.3 Å². The summed E-state index contributed by atoms with van der Waals surface area (Å²) in [4.78, 5) is 44.6. The van der Waals surface area contributed by atoms with Crippen LogP contribution in [-0.2, 0) is 12.8 Å². The monoisotopic (exact) mass is 1100 g/mol. The SMILES string of the molecule is C.C=[C-]C.CC1=Cc2c(Br)c[nH]c(=O)c2C1.COc1ncc(Br)c2c1CC(C)=C2.O=[N+]([O-])c1cc(Br)cnc1Cl.O=[N+]([O-])c1cc(Br)cnc1Cl.[Br-].[Mg+2]. The van der Waals surface area contributed by atoms with Crippen molar-refractivity contribution in [1.29, 1.82) is 0 Å². The number of ether oxygens (including phenoxy) is 1. The third-order valence-electron chi connectivity index (χ3n) is 6.18. The largest absolute Gasteiger partial charge is 2.00 e. The molecule has 0 saturated carbocycles. The number of methoxy groups -OCH3 is 1. The van der Waals surface area contributed by atoms with E-state index >= 15 is 0 Å². The second-order valence-corrected chi connectivity index (χ2v) is 14.3. The first-order valence-corrected chi connectivity index (χ1v) is 17.8. The van der Waals surface area contributed by atoms with Crippen molar-refractivity contribution in [3.63, 3.8) is 0 Å². The molecule has 53 heavy (non-hydrogen) atoms. The first kappa shape index (κ1) is 53.1. The number of nitrogens with zero attached hydrogens (tertiary/aromatic N) is 5. The van der Waals surface area contributed by atoms with E-state index in [1.165, 1.54) is 46.8 Å². The maximum Gasteiger partial charge on any atom is 2.00 e. The summed E-state index contributed by atoms with van der Waals surface area (Å²) in [7, 11) is 1.66. The van der Waals surface area contributed by atoms with E-state index in [0.717, 1.165) is 38.8 Å². The fourth-order valence-corrected chi connectivity index (χ4v) is 6.06. The molecule has 0 bridgehead atoms. The minimum Gasteiger partial charge on any atom is -1.00 e. The number of aromatic amines is 1. The summed E-state index contributed by atoms with van der Waals surface area (Å²) in [6.45, 7) is 9.15. The van der Waals surface area contributed by atoms with Crippen molar-refractivity contribution in [3.8, 4) is 5.88 Å². The predicted octanol–water partition coefficient (Wildman–Crippen LogP) is 7.98. The zero-order valence-electron chi connectivity index (χ0n) is 27.8. The number of H-pyrrole nitrogens is 1. The molecule has 4 aromatic heterocycles. The summed E-state index contributed by atoms with van der Waals surface area (Å²) in [5.41, 5.74) is 6.55. The molecule has 0 aromatic carbocycles. The van der Waals surface area contributed by atoms with E-state index in [9.17, 15) is 25.0 Å². The molecule has 0 radical (unpaired) electrons. The molecule has 0 atom stereocenters. The standard InChI is InChI=1S/C10H10BrNO.C9H8BrNO.2C5H2BrClN2O2.C3H5.CH4.BrH.Mg/c1-6-3-7-8(4-6)10(13-2)12-5-9(7)11;1-5-2-6-7(3-5)9(12)11-4-8(6)10;2*6-3-1-4(9(10)11)5(7)8-2-3;1-3-2;;;/h3,5H,4H2,1-2H3;2,4H,3H2,1H3,(H,11,12);2*1-2H;1H2,2H3;1H4;1H;/q;;;;-1;;;+2/p-1. The van der Waals surface area contributed by atoms with Gasteiger partial charge in [0, 0.05) is 65.9 Å². The average Bonchev–Trinajstić information content (AvgIpc) is 3.66. The van der Waals surface area contributed by atoms with Crippen LogP contribution < -0.4 is 27.3 Å². The molecule has 1 N–H and O–H groups in total. The molecule has 0 unspecified atom stereocenters. The molecular formula is C33H31Br5Cl2MgN6O6. The van der Waals surface area contributed by atoms with Gasteiger partial charge in [-0.25, -0.2) is 15.0 Å². The molecule has 2 aliphatic rings. The van der Waals surface area contributed by atoms with Crippen molar-refractivity contribution in [3.05, 3.63) is 142 Å². The van der Waals surface area contributed by atoms with Gasteiger partial charge in [-0.15, -0.1) is 0 Å². The van der Waals surface area contributed by atoms with Crippen LogP contribution in [-0.4, -0.2) is 59.9 Å². The first-order valence-electron chi connectivity index (χ1n) is 13.8. The fraction of sp³-hybridized carbons (Fsp3) is 0.212. The number of rotatable bonds is 3. The summed E-state index contributed by atoms with van der Waals surface area (Å²) in [5.74, 6) is 0.742. The van der Waals surface area contributed by atoms with Gasteiger partial charge >= 0.3 is 34.4 Å². The smallest absolute Gasteiger partial charge is 1.00 e. The molecule has 4 heterocycles. The summed E-state index contributed by atoms with van der Waals surface area (Å²) >= 11 is 23.8. The van der Waals surface area contributed by atoms with Crippen LogP contribution in [0.25, 0.3) is 12.2 Å². The Morgan fingerprint density at radius 2 is 1.26 bits per heavy atom. The molecule has 6 rings (SSSR count). The molecule has 20 heteroatoms. The van der Waals surface area contributed by atoms with Crippen LogP contribution in [0.1, 0.15) is 50.5 Å². The van der Waals surface area contributed by atoms with Crippen molar-refractivity contribution in [2.75, 3.05) is 7.11 Å². The Morgan fingerprint density at radius 1 is 0.849 bits per heavy atom. The van der Waals surface area contributed by atoms with Crippen molar-refractivity contribution in [1.82, 2.24) is 19.9 Å². The third-order valence-corrected chi connectivity index (χ3v) is 8.91. The van der Waals surface area contributed by atoms with Crippen LogP contribution in [0.15, 0.2) is 77.3 Å². The van der Waals surface area contributed by atoms with E-state index in [1.807, 2.05) is 6.92 Å². The maximum absolute atomic E-state index is 11.3. The number of fused-ring (bicyclic) bond motifs is 2. The minimum atomic E-state index is -0.583. The average molecular weight is 1100 g/mol. The fourth-order valence-electron chi connectivity index (χ4n) is 4.15. The molecule has 0 aliphatic heterocycles. The third kappa shape index (κ3) is 16.3. The summed E-state index contributed by atoms with van der Waals surface area (Å²) in [5, 5.41) is 20.3. The molecule has 0 fully saturated rings. The van der Waals surface area contributed by atoms with Crippen molar-refractivity contribution in [2.24, 2.45) is 0 Å². The van der Waals surface area contributed by atoms with E-state index in [0.29, 0.717) is 8.95 Å². The topological polar surface area (TPSA) is 167 Å².